The van der Waals surface area contributed by atoms with E-state index in [4.69, 9.17) is 0 Å². The number of nitrogens with zero attached hydrogens (tertiary/aromatic N) is 1. The predicted octanol–water partition coefficient (Wildman–Crippen LogP) is 3.00. The van der Waals surface area contributed by atoms with Gasteiger partial charge in [-0.25, -0.2) is 0 Å². The van der Waals surface area contributed by atoms with Crippen molar-refractivity contribution in [2.45, 2.75) is 59.4 Å². The zero-order chi connectivity index (χ0) is 13.1. The van der Waals surface area contributed by atoms with Crippen LogP contribution in [-0.2, 0) is 4.79 Å². The lowest BCUT2D eigenvalue weighted by molar-refractivity contribution is -0.151. The molecule has 3 nitrogen and oxygen atoms in total. The Kier molecular flexibility index (Phi) is 4.99. The van der Waals surface area contributed by atoms with Gasteiger partial charge in [0, 0.05) is 12.6 Å². The van der Waals surface area contributed by atoms with Gasteiger partial charge in [0.2, 0.25) is 0 Å². The number of carboxylic acid groups (broad SMARTS) is 1. The molecule has 3 heteroatoms. The standard InChI is InChI=1S/C14H27NO2/c1-5-14(6-2,13(16)17)10-15-9-7-8-11(3)12(15)4/h11-12H,5-10H2,1-4H3,(H,16,17). The van der Waals surface area contributed by atoms with E-state index < -0.39 is 11.4 Å². The Balaban J connectivity index is 2.76. The molecule has 0 saturated carbocycles. The number of aliphatic carboxylic acids is 1. The van der Waals surface area contributed by atoms with Crippen molar-refractivity contribution in [1.29, 1.82) is 0 Å². The molecule has 1 N–H and O–H groups in total. The maximum Gasteiger partial charge on any atom is 0.310 e. The van der Waals surface area contributed by atoms with Gasteiger partial charge in [0.15, 0.2) is 0 Å². The third-order valence-corrected chi connectivity index (χ3v) is 4.82. The SMILES string of the molecule is CCC(CC)(CN1CCCC(C)C1C)C(=O)O. The summed E-state index contributed by atoms with van der Waals surface area (Å²) < 4.78 is 0. The second-order valence-electron chi connectivity index (χ2n) is 5.62. The Morgan fingerprint density at radius 2 is 1.94 bits per heavy atom. The zero-order valence-corrected chi connectivity index (χ0v) is 11.7. The highest BCUT2D eigenvalue weighted by molar-refractivity contribution is 5.74. The Morgan fingerprint density at radius 3 is 2.41 bits per heavy atom. The summed E-state index contributed by atoms with van der Waals surface area (Å²) in [5.74, 6) is 0.0527. The summed E-state index contributed by atoms with van der Waals surface area (Å²) in [6, 6.07) is 0.514. The Bertz CT molecular complexity index is 261. The molecule has 1 saturated heterocycles. The predicted molar refractivity (Wildman–Crippen MR) is 70.1 cm³/mol. The van der Waals surface area contributed by atoms with Crippen molar-refractivity contribution in [2.75, 3.05) is 13.1 Å². The van der Waals surface area contributed by atoms with Crippen molar-refractivity contribution in [3.63, 3.8) is 0 Å². The summed E-state index contributed by atoms with van der Waals surface area (Å²) in [5.41, 5.74) is -0.550. The maximum absolute atomic E-state index is 11.5. The van der Waals surface area contributed by atoms with E-state index in [2.05, 4.69) is 18.7 Å². The Labute approximate surface area is 105 Å². The molecule has 1 fully saturated rings. The average molecular weight is 241 g/mol. The molecule has 100 valence electrons. The summed E-state index contributed by atoms with van der Waals surface area (Å²) in [4.78, 5) is 13.9. The largest absolute Gasteiger partial charge is 0.481 e. The number of carboxylic acids is 1. The van der Waals surface area contributed by atoms with Crippen LogP contribution in [0.3, 0.4) is 0 Å². The lowest BCUT2D eigenvalue weighted by atomic mass is 9.80. The summed E-state index contributed by atoms with van der Waals surface area (Å²) in [5, 5.41) is 9.48. The van der Waals surface area contributed by atoms with Crippen LogP contribution in [0.1, 0.15) is 53.4 Å². The summed E-state index contributed by atoms with van der Waals surface area (Å²) in [7, 11) is 0. The second-order valence-corrected chi connectivity index (χ2v) is 5.62. The molecule has 1 heterocycles. The van der Waals surface area contributed by atoms with E-state index in [0.717, 1.165) is 19.4 Å². The number of hydrogen-bond acceptors (Lipinski definition) is 2. The number of carbonyl (C=O) groups is 1. The first-order chi connectivity index (χ1) is 7.96. The van der Waals surface area contributed by atoms with Crippen molar-refractivity contribution < 1.29 is 9.90 Å². The minimum atomic E-state index is -0.632. The van der Waals surface area contributed by atoms with Crippen LogP contribution >= 0.6 is 0 Å². The minimum absolute atomic E-state index is 0.514. The van der Waals surface area contributed by atoms with Gasteiger partial charge in [-0.3, -0.25) is 9.69 Å². The van der Waals surface area contributed by atoms with Gasteiger partial charge in [0.1, 0.15) is 0 Å². The molecule has 0 amide bonds. The Hall–Kier alpha value is -0.570. The van der Waals surface area contributed by atoms with Crippen molar-refractivity contribution >= 4 is 5.97 Å². The summed E-state index contributed by atoms with van der Waals surface area (Å²) in [6.07, 6.45) is 3.91. The molecule has 0 aliphatic carbocycles. The molecule has 0 aromatic carbocycles. The van der Waals surface area contributed by atoms with Crippen molar-refractivity contribution in [2.24, 2.45) is 11.3 Å². The maximum atomic E-state index is 11.5. The van der Waals surface area contributed by atoms with E-state index in [1.165, 1.54) is 12.8 Å². The number of rotatable bonds is 5. The molecular formula is C14H27NO2. The fourth-order valence-corrected chi connectivity index (χ4v) is 2.88. The molecule has 2 atom stereocenters. The minimum Gasteiger partial charge on any atom is -0.481 e. The molecule has 0 spiro atoms. The topological polar surface area (TPSA) is 40.5 Å². The van der Waals surface area contributed by atoms with Crippen LogP contribution in [0.15, 0.2) is 0 Å². The molecule has 0 aromatic rings. The first-order valence-electron chi connectivity index (χ1n) is 6.94. The monoisotopic (exact) mass is 241 g/mol. The molecular weight excluding hydrogens is 214 g/mol. The fourth-order valence-electron chi connectivity index (χ4n) is 2.88. The van der Waals surface area contributed by atoms with Gasteiger partial charge in [0.05, 0.1) is 5.41 Å². The third-order valence-electron chi connectivity index (χ3n) is 4.82. The number of likely N-dealkylation sites (tertiary alicyclic amines) is 1. The van der Waals surface area contributed by atoms with Gasteiger partial charge in [-0.1, -0.05) is 20.8 Å². The Morgan fingerprint density at radius 1 is 1.35 bits per heavy atom. The van der Waals surface area contributed by atoms with Crippen LogP contribution in [0, 0.1) is 11.3 Å². The zero-order valence-electron chi connectivity index (χ0n) is 11.7. The van der Waals surface area contributed by atoms with Gasteiger partial charge in [-0.05, 0) is 45.1 Å². The van der Waals surface area contributed by atoms with Crippen molar-refractivity contribution in [3.05, 3.63) is 0 Å². The van der Waals surface area contributed by atoms with E-state index in [0.29, 0.717) is 18.5 Å². The van der Waals surface area contributed by atoms with E-state index in [1.807, 2.05) is 13.8 Å². The van der Waals surface area contributed by atoms with Gasteiger partial charge in [-0.2, -0.15) is 0 Å². The number of piperidine rings is 1. The fraction of sp³-hybridized carbons (Fsp3) is 0.929. The molecule has 1 aliphatic heterocycles. The van der Waals surface area contributed by atoms with Gasteiger partial charge >= 0.3 is 5.97 Å². The van der Waals surface area contributed by atoms with Crippen LogP contribution < -0.4 is 0 Å². The van der Waals surface area contributed by atoms with Crippen LogP contribution in [0.5, 0.6) is 0 Å². The average Bonchev–Trinajstić information content (AvgIpc) is 2.31. The first-order valence-corrected chi connectivity index (χ1v) is 6.94. The third kappa shape index (κ3) is 3.01. The highest BCUT2D eigenvalue weighted by atomic mass is 16.4. The molecule has 1 rings (SSSR count). The van der Waals surface area contributed by atoms with E-state index in [9.17, 15) is 9.90 Å². The molecule has 0 aromatic heterocycles. The molecule has 17 heavy (non-hydrogen) atoms. The summed E-state index contributed by atoms with van der Waals surface area (Å²) >= 11 is 0. The molecule has 1 aliphatic rings. The van der Waals surface area contributed by atoms with Crippen LogP contribution in [0.4, 0.5) is 0 Å². The molecule has 0 bridgehead atoms. The van der Waals surface area contributed by atoms with Crippen LogP contribution in [0.25, 0.3) is 0 Å². The smallest absolute Gasteiger partial charge is 0.310 e. The lowest BCUT2D eigenvalue weighted by Crippen LogP contribution is -2.50. The summed E-state index contributed by atoms with van der Waals surface area (Å²) in [6.45, 7) is 10.3. The highest BCUT2D eigenvalue weighted by Crippen LogP contribution is 2.32. The number of hydrogen-bond donors (Lipinski definition) is 1. The highest BCUT2D eigenvalue weighted by Gasteiger charge is 2.39. The lowest BCUT2D eigenvalue weighted by Gasteiger charge is -2.42. The van der Waals surface area contributed by atoms with Gasteiger partial charge < -0.3 is 5.11 Å². The van der Waals surface area contributed by atoms with Gasteiger partial charge in [-0.15, -0.1) is 0 Å². The first kappa shape index (κ1) is 14.5. The molecule has 2 unspecified atom stereocenters. The van der Waals surface area contributed by atoms with E-state index >= 15 is 0 Å². The van der Waals surface area contributed by atoms with Crippen LogP contribution in [0.2, 0.25) is 0 Å². The van der Waals surface area contributed by atoms with Crippen molar-refractivity contribution in [1.82, 2.24) is 4.90 Å². The van der Waals surface area contributed by atoms with E-state index in [-0.39, 0.29) is 0 Å². The second kappa shape index (κ2) is 5.85. The molecule has 0 radical (unpaired) electrons. The van der Waals surface area contributed by atoms with Crippen LogP contribution in [-0.4, -0.2) is 35.1 Å². The van der Waals surface area contributed by atoms with Crippen molar-refractivity contribution in [3.8, 4) is 0 Å². The normalized spacial score (nSPS) is 27.1. The quantitative estimate of drug-likeness (QED) is 0.804. The van der Waals surface area contributed by atoms with E-state index in [1.54, 1.807) is 0 Å². The van der Waals surface area contributed by atoms with Gasteiger partial charge in [0.25, 0.3) is 0 Å².